The van der Waals surface area contributed by atoms with Gasteiger partial charge < -0.3 is 0 Å². The summed E-state index contributed by atoms with van der Waals surface area (Å²) in [5.74, 6) is -1.57. The van der Waals surface area contributed by atoms with E-state index in [-0.39, 0.29) is 5.88 Å². The highest BCUT2D eigenvalue weighted by Gasteiger charge is 2.10. The molecule has 6 heteroatoms. The van der Waals surface area contributed by atoms with E-state index in [1.54, 1.807) is 6.92 Å². The molecule has 1 aromatic carbocycles. The minimum Gasteiger partial charge on any atom is -0.217 e. The van der Waals surface area contributed by atoms with E-state index >= 15 is 0 Å². The molecule has 1 heterocycles. The molecule has 0 spiro atoms. The van der Waals surface area contributed by atoms with Crippen LogP contribution in [0.25, 0.3) is 5.69 Å². The standard InChI is InChI=1S/C10H8ClF2N3/c1-6-10(5-11)14-15-16(6)7-2-3-8(12)9(13)4-7/h2-4H,5H2,1H3. The van der Waals surface area contributed by atoms with Gasteiger partial charge in [0.25, 0.3) is 0 Å². The van der Waals surface area contributed by atoms with Gasteiger partial charge in [0, 0.05) is 6.07 Å². The van der Waals surface area contributed by atoms with E-state index in [1.165, 1.54) is 10.7 Å². The SMILES string of the molecule is Cc1c(CCl)nnn1-c1ccc(F)c(F)c1. The summed E-state index contributed by atoms with van der Waals surface area (Å²) in [6.07, 6.45) is 0. The maximum Gasteiger partial charge on any atom is 0.160 e. The minimum atomic E-state index is -0.917. The summed E-state index contributed by atoms with van der Waals surface area (Å²) < 4.78 is 27.2. The van der Waals surface area contributed by atoms with Gasteiger partial charge >= 0.3 is 0 Å². The van der Waals surface area contributed by atoms with Crippen molar-refractivity contribution in [3.05, 3.63) is 41.2 Å². The van der Waals surface area contributed by atoms with Gasteiger partial charge in [-0.3, -0.25) is 0 Å². The number of alkyl halides is 1. The summed E-state index contributed by atoms with van der Waals surface area (Å²) in [6.45, 7) is 1.76. The molecule has 0 radical (unpaired) electrons. The maximum absolute atomic E-state index is 13.0. The van der Waals surface area contributed by atoms with Crippen LogP contribution in [0.15, 0.2) is 18.2 Å². The molecule has 84 valence electrons. The van der Waals surface area contributed by atoms with E-state index in [1.807, 2.05) is 0 Å². The van der Waals surface area contributed by atoms with Gasteiger partial charge in [0.15, 0.2) is 11.6 Å². The van der Waals surface area contributed by atoms with E-state index < -0.39 is 11.6 Å². The molecule has 0 aliphatic carbocycles. The molecule has 0 aliphatic rings. The van der Waals surface area contributed by atoms with Crippen molar-refractivity contribution in [3.8, 4) is 5.69 Å². The molecule has 0 saturated heterocycles. The predicted octanol–water partition coefficient (Wildman–Crippen LogP) is 2.59. The van der Waals surface area contributed by atoms with Crippen LogP contribution in [-0.4, -0.2) is 15.0 Å². The Kier molecular flexibility index (Phi) is 2.87. The van der Waals surface area contributed by atoms with Gasteiger partial charge in [0.2, 0.25) is 0 Å². The Hall–Kier alpha value is -1.49. The number of benzene rings is 1. The lowest BCUT2D eigenvalue weighted by molar-refractivity contribution is 0.507. The van der Waals surface area contributed by atoms with Crippen molar-refractivity contribution in [1.29, 1.82) is 0 Å². The summed E-state index contributed by atoms with van der Waals surface area (Å²) in [7, 11) is 0. The molecule has 0 saturated carbocycles. The van der Waals surface area contributed by atoms with Crippen molar-refractivity contribution >= 4 is 11.6 Å². The van der Waals surface area contributed by atoms with Gasteiger partial charge in [-0.25, -0.2) is 13.5 Å². The first-order valence-corrected chi connectivity index (χ1v) is 5.09. The number of rotatable bonds is 2. The van der Waals surface area contributed by atoms with E-state index in [4.69, 9.17) is 11.6 Å². The van der Waals surface area contributed by atoms with Crippen molar-refractivity contribution in [2.45, 2.75) is 12.8 Å². The summed E-state index contributed by atoms with van der Waals surface area (Å²) in [5, 5.41) is 7.65. The van der Waals surface area contributed by atoms with Gasteiger partial charge in [-0.15, -0.1) is 16.7 Å². The van der Waals surface area contributed by atoms with Crippen molar-refractivity contribution in [1.82, 2.24) is 15.0 Å². The Balaban J connectivity index is 2.50. The summed E-state index contributed by atoms with van der Waals surface area (Å²) in [4.78, 5) is 0. The minimum absolute atomic E-state index is 0.232. The molecule has 0 aliphatic heterocycles. The Morgan fingerprint density at radius 2 is 2.06 bits per heavy atom. The zero-order chi connectivity index (χ0) is 11.7. The molecule has 2 rings (SSSR count). The largest absolute Gasteiger partial charge is 0.217 e. The zero-order valence-electron chi connectivity index (χ0n) is 8.41. The molecule has 0 amide bonds. The third kappa shape index (κ3) is 1.78. The first kappa shape index (κ1) is 11.0. The molecule has 0 N–H and O–H groups in total. The fourth-order valence-corrected chi connectivity index (χ4v) is 1.59. The predicted molar refractivity (Wildman–Crippen MR) is 55.6 cm³/mol. The average Bonchev–Trinajstić information content (AvgIpc) is 2.64. The smallest absolute Gasteiger partial charge is 0.160 e. The number of nitrogens with zero attached hydrogens (tertiary/aromatic N) is 3. The second-order valence-corrected chi connectivity index (χ2v) is 3.53. The Morgan fingerprint density at radius 3 is 2.62 bits per heavy atom. The lowest BCUT2D eigenvalue weighted by atomic mass is 10.3. The quantitative estimate of drug-likeness (QED) is 0.759. The van der Waals surface area contributed by atoms with E-state index in [0.29, 0.717) is 17.1 Å². The second kappa shape index (κ2) is 4.17. The highest BCUT2D eigenvalue weighted by Crippen LogP contribution is 2.16. The molecular formula is C10H8ClF2N3. The normalized spacial score (nSPS) is 10.8. The summed E-state index contributed by atoms with van der Waals surface area (Å²) in [6, 6.07) is 3.54. The number of halogens is 3. The molecule has 1 aromatic heterocycles. The third-order valence-electron chi connectivity index (χ3n) is 2.26. The van der Waals surface area contributed by atoms with E-state index in [2.05, 4.69) is 10.3 Å². The third-order valence-corrected chi connectivity index (χ3v) is 2.52. The molecular weight excluding hydrogens is 236 g/mol. The topological polar surface area (TPSA) is 30.7 Å². The van der Waals surface area contributed by atoms with Crippen LogP contribution in [0.5, 0.6) is 0 Å². The first-order valence-electron chi connectivity index (χ1n) is 4.56. The van der Waals surface area contributed by atoms with Gasteiger partial charge in [-0.2, -0.15) is 0 Å². The van der Waals surface area contributed by atoms with Crippen LogP contribution in [0.4, 0.5) is 8.78 Å². The molecule has 0 unspecified atom stereocenters. The molecule has 2 aromatic rings. The van der Waals surface area contributed by atoms with Crippen molar-refractivity contribution in [3.63, 3.8) is 0 Å². The molecule has 16 heavy (non-hydrogen) atoms. The maximum atomic E-state index is 13.0. The van der Waals surface area contributed by atoms with Gasteiger partial charge in [0.1, 0.15) is 5.69 Å². The van der Waals surface area contributed by atoms with Crippen LogP contribution in [0, 0.1) is 18.6 Å². The summed E-state index contributed by atoms with van der Waals surface area (Å²) >= 11 is 5.64. The van der Waals surface area contributed by atoms with E-state index in [0.717, 1.165) is 12.1 Å². The molecule has 0 fully saturated rings. The highest BCUT2D eigenvalue weighted by atomic mass is 35.5. The Morgan fingerprint density at radius 1 is 1.31 bits per heavy atom. The van der Waals surface area contributed by atoms with Crippen molar-refractivity contribution < 1.29 is 8.78 Å². The second-order valence-electron chi connectivity index (χ2n) is 3.27. The zero-order valence-corrected chi connectivity index (χ0v) is 9.17. The Labute approximate surface area is 95.6 Å². The van der Waals surface area contributed by atoms with Crippen molar-refractivity contribution in [2.75, 3.05) is 0 Å². The fraction of sp³-hybridized carbons (Fsp3) is 0.200. The van der Waals surface area contributed by atoms with Crippen LogP contribution in [0.2, 0.25) is 0 Å². The summed E-state index contributed by atoms with van der Waals surface area (Å²) in [5.41, 5.74) is 1.74. The fourth-order valence-electron chi connectivity index (χ4n) is 1.35. The lowest BCUT2D eigenvalue weighted by Crippen LogP contribution is -2.00. The van der Waals surface area contributed by atoms with Crippen LogP contribution in [-0.2, 0) is 5.88 Å². The van der Waals surface area contributed by atoms with Gasteiger partial charge in [0.05, 0.1) is 17.3 Å². The van der Waals surface area contributed by atoms with E-state index in [9.17, 15) is 8.78 Å². The number of hydrogen-bond donors (Lipinski definition) is 0. The van der Waals surface area contributed by atoms with Crippen LogP contribution in [0.1, 0.15) is 11.4 Å². The Bertz CT molecular complexity index is 525. The number of hydrogen-bond acceptors (Lipinski definition) is 2. The van der Waals surface area contributed by atoms with Crippen LogP contribution >= 0.6 is 11.6 Å². The van der Waals surface area contributed by atoms with Crippen LogP contribution in [0.3, 0.4) is 0 Å². The number of aromatic nitrogens is 3. The van der Waals surface area contributed by atoms with Crippen LogP contribution < -0.4 is 0 Å². The average molecular weight is 244 g/mol. The van der Waals surface area contributed by atoms with Crippen molar-refractivity contribution in [2.24, 2.45) is 0 Å². The van der Waals surface area contributed by atoms with Gasteiger partial charge in [-0.1, -0.05) is 5.21 Å². The highest BCUT2D eigenvalue weighted by molar-refractivity contribution is 6.16. The first-order chi connectivity index (χ1) is 7.63. The van der Waals surface area contributed by atoms with Gasteiger partial charge in [-0.05, 0) is 19.1 Å². The molecule has 0 atom stereocenters. The lowest BCUT2D eigenvalue weighted by Gasteiger charge is -2.03. The molecule has 3 nitrogen and oxygen atoms in total. The molecule has 0 bridgehead atoms. The monoisotopic (exact) mass is 243 g/mol.